The van der Waals surface area contributed by atoms with Crippen molar-refractivity contribution in [3.8, 4) is 17.2 Å². The summed E-state index contributed by atoms with van der Waals surface area (Å²) >= 11 is 0. The van der Waals surface area contributed by atoms with E-state index in [0.29, 0.717) is 6.54 Å². The highest BCUT2D eigenvalue weighted by Crippen LogP contribution is 2.38. The van der Waals surface area contributed by atoms with Crippen molar-refractivity contribution >= 4 is 0 Å². The van der Waals surface area contributed by atoms with Crippen LogP contribution < -0.4 is 19.9 Å². The van der Waals surface area contributed by atoms with Crippen molar-refractivity contribution in [2.75, 3.05) is 20.4 Å². The Morgan fingerprint density at radius 2 is 1.91 bits per heavy atom. The standard InChI is InChI=1S/C18H21NO3/c1-18(11-19,10-13-5-3-4-6-15(13)20-2)14-7-8-16-17(9-14)22-12-21-16/h3-9H,10-12,19H2,1-2H3. The first-order valence-electron chi connectivity index (χ1n) is 7.38. The van der Waals surface area contributed by atoms with Gasteiger partial charge in [-0.25, -0.2) is 0 Å². The number of methoxy groups -OCH3 is 1. The summed E-state index contributed by atoms with van der Waals surface area (Å²) < 4.78 is 16.3. The highest BCUT2D eigenvalue weighted by atomic mass is 16.7. The normalized spacial score (nSPS) is 15.4. The predicted octanol–water partition coefficient (Wildman–Crippen LogP) is 2.88. The third-order valence-electron chi connectivity index (χ3n) is 4.29. The molecule has 1 heterocycles. The summed E-state index contributed by atoms with van der Waals surface area (Å²) in [5.74, 6) is 2.47. The third kappa shape index (κ3) is 2.62. The van der Waals surface area contributed by atoms with E-state index in [0.717, 1.165) is 34.8 Å². The molecule has 0 saturated heterocycles. The Labute approximate surface area is 130 Å². The molecule has 2 N–H and O–H groups in total. The van der Waals surface area contributed by atoms with Crippen molar-refractivity contribution in [2.45, 2.75) is 18.8 Å². The van der Waals surface area contributed by atoms with Gasteiger partial charge >= 0.3 is 0 Å². The maximum atomic E-state index is 6.11. The van der Waals surface area contributed by atoms with Crippen LogP contribution in [0.25, 0.3) is 0 Å². The fourth-order valence-electron chi connectivity index (χ4n) is 2.83. The smallest absolute Gasteiger partial charge is 0.231 e. The minimum absolute atomic E-state index is 0.199. The molecular weight excluding hydrogens is 278 g/mol. The van der Waals surface area contributed by atoms with E-state index < -0.39 is 0 Å². The van der Waals surface area contributed by atoms with Crippen LogP contribution >= 0.6 is 0 Å². The number of hydrogen-bond donors (Lipinski definition) is 1. The molecule has 116 valence electrons. The number of para-hydroxylation sites is 1. The second-order valence-electron chi connectivity index (χ2n) is 5.82. The molecule has 0 radical (unpaired) electrons. The average Bonchev–Trinajstić information content (AvgIpc) is 3.02. The first-order chi connectivity index (χ1) is 10.7. The Morgan fingerprint density at radius 1 is 1.14 bits per heavy atom. The molecule has 0 aromatic heterocycles. The zero-order valence-corrected chi connectivity index (χ0v) is 13.0. The molecule has 0 aliphatic carbocycles. The van der Waals surface area contributed by atoms with Crippen molar-refractivity contribution in [2.24, 2.45) is 5.73 Å². The second-order valence-corrected chi connectivity index (χ2v) is 5.82. The fraction of sp³-hybridized carbons (Fsp3) is 0.333. The quantitative estimate of drug-likeness (QED) is 0.922. The lowest BCUT2D eigenvalue weighted by Gasteiger charge is -2.29. The summed E-state index contributed by atoms with van der Waals surface area (Å²) in [7, 11) is 1.69. The van der Waals surface area contributed by atoms with E-state index in [4.69, 9.17) is 19.9 Å². The molecule has 0 amide bonds. The van der Waals surface area contributed by atoms with Gasteiger partial charge in [-0.15, -0.1) is 0 Å². The zero-order chi connectivity index (χ0) is 15.6. The van der Waals surface area contributed by atoms with Gasteiger partial charge in [0.2, 0.25) is 6.79 Å². The Kier molecular flexibility index (Phi) is 3.94. The van der Waals surface area contributed by atoms with E-state index in [-0.39, 0.29) is 12.2 Å². The summed E-state index contributed by atoms with van der Waals surface area (Å²) in [4.78, 5) is 0. The average molecular weight is 299 g/mol. The van der Waals surface area contributed by atoms with Crippen LogP contribution in [0.2, 0.25) is 0 Å². The van der Waals surface area contributed by atoms with Crippen molar-refractivity contribution < 1.29 is 14.2 Å². The first-order valence-corrected chi connectivity index (χ1v) is 7.38. The molecule has 0 bridgehead atoms. The highest BCUT2D eigenvalue weighted by Gasteiger charge is 2.28. The topological polar surface area (TPSA) is 53.7 Å². The number of fused-ring (bicyclic) bond motifs is 1. The van der Waals surface area contributed by atoms with Gasteiger partial charge < -0.3 is 19.9 Å². The summed E-state index contributed by atoms with van der Waals surface area (Å²) in [5, 5.41) is 0. The largest absolute Gasteiger partial charge is 0.496 e. The van der Waals surface area contributed by atoms with Gasteiger partial charge in [0.1, 0.15) is 5.75 Å². The zero-order valence-electron chi connectivity index (χ0n) is 13.0. The number of rotatable bonds is 5. The van der Waals surface area contributed by atoms with E-state index in [2.05, 4.69) is 19.1 Å². The minimum atomic E-state index is -0.199. The molecule has 22 heavy (non-hydrogen) atoms. The lowest BCUT2D eigenvalue weighted by molar-refractivity contribution is 0.174. The highest BCUT2D eigenvalue weighted by molar-refractivity contribution is 5.47. The Morgan fingerprint density at radius 3 is 2.68 bits per heavy atom. The van der Waals surface area contributed by atoms with Gasteiger partial charge in [-0.3, -0.25) is 0 Å². The van der Waals surface area contributed by atoms with E-state index in [1.807, 2.05) is 30.3 Å². The molecule has 1 aliphatic rings. The van der Waals surface area contributed by atoms with Gasteiger partial charge in [0, 0.05) is 12.0 Å². The van der Waals surface area contributed by atoms with Crippen LogP contribution in [-0.4, -0.2) is 20.4 Å². The maximum absolute atomic E-state index is 6.11. The van der Waals surface area contributed by atoms with Crippen LogP contribution in [0.5, 0.6) is 17.2 Å². The van der Waals surface area contributed by atoms with Crippen LogP contribution in [0.15, 0.2) is 42.5 Å². The fourth-order valence-corrected chi connectivity index (χ4v) is 2.83. The van der Waals surface area contributed by atoms with Crippen LogP contribution in [0, 0.1) is 0 Å². The number of nitrogens with two attached hydrogens (primary N) is 1. The lowest BCUT2D eigenvalue weighted by Crippen LogP contribution is -2.34. The van der Waals surface area contributed by atoms with Crippen LogP contribution in [0.3, 0.4) is 0 Å². The van der Waals surface area contributed by atoms with Gasteiger partial charge in [0.05, 0.1) is 7.11 Å². The molecule has 1 atom stereocenters. The summed E-state index contributed by atoms with van der Waals surface area (Å²) in [6.45, 7) is 2.98. The molecule has 4 nitrogen and oxygen atoms in total. The third-order valence-corrected chi connectivity index (χ3v) is 4.29. The van der Waals surface area contributed by atoms with Crippen molar-refractivity contribution in [3.63, 3.8) is 0 Å². The number of hydrogen-bond acceptors (Lipinski definition) is 4. The van der Waals surface area contributed by atoms with Gasteiger partial charge in [0.25, 0.3) is 0 Å². The summed E-state index contributed by atoms with van der Waals surface area (Å²) in [6, 6.07) is 14.1. The van der Waals surface area contributed by atoms with Crippen LogP contribution in [0.4, 0.5) is 0 Å². The van der Waals surface area contributed by atoms with E-state index in [1.54, 1.807) is 7.11 Å². The molecular formula is C18H21NO3. The summed E-state index contributed by atoms with van der Waals surface area (Å²) in [6.07, 6.45) is 0.799. The molecule has 3 rings (SSSR count). The molecule has 1 aliphatic heterocycles. The SMILES string of the molecule is COc1ccccc1CC(C)(CN)c1ccc2c(c1)OCO2. The number of benzene rings is 2. The maximum Gasteiger partial charge on any atom is 0.231 e. The summed E-state index contributed by atoms with van der Waals surface area (Å²) in [5.41, 5.74) is 8.20. The van der Waals surface area contributed by atoms with E-state index >= 15 is 0 Å². The van der Waals surface area contributed by atoms with Crippen LogP contribution in [0.1, 0.15) is 18.1 Å². The molecule has 0 fully saturated rings. The monoisotopic (exact) mass is 299 g/mol. The Hall–Kier alpha value is -2.20. The van der Waals surface area contributed by atoms with Crippen molar-refractivity contribution in [1.82, 2.24) is 0 Å². The first kappa shape index (κ1) is 14.7. The van der Waals surface area contributed by atoms with Crippen LogP contribution in [-0.2, 0) is 11.8 Å². The van der Waals surface area contributed by atoms with Gasteiger partial charge in [-0.05, 0) is 35.7 Å². The Balaban J connectivity index is 1.94. The van der Waals surface area contributed by atoms with Crippen molar-refractivity contribution in [3.05, 3.63) is 53.6 Å². The molecule has 0 spiro atoms. The molecule has 0 saturated carbocycles. The van der Waals surface area contributed by atoms with E-state index in [9.17, 15) is 0 Å². The Bertz CT molecular complexity index is 671. The van der Waals surface area contributed by atoms with Gasteiger partial charge in [0.15, 0.2) is 11.5 Å². The predicted molar refractivity (Wildman–Crippen MR) is 85.7 cm³/mol. The second kappa shape index (κ2) is 5.89. The molecule has 1 unspecified atom stereocenters. The molecule has 2 aromatic rings. The lowest BCUT2D eigenvalue weighted by atomic mass is 9.77. The molecule has 4 heteroatoms. The van der Waals surface area contributed by atoms with Gasteiger partial charge in [-0.2, -0.15) is 0 Å². The van der Waals surface area contributed by atoms with Crippen molar-refractivity contribution in [1.29, 1.82) is 0 Å². The molecule has 2 aromatic carbocycles. The number of ether oxygens (including phenoxy) is 3. The van der Waals surface area contributed by atoms with Gasteiger partial charge in [-0.1, -0.05) is 31.2 Å². The minimum Gasteiger partial charge on any atom is -0.496 e. The van der Waals surface area contributed by atoms with E-state index in [1.165, 1.54) is 0 Å².